The van der Waals surface area contributed by atoms with Crippen molar-refractivity contribution >= 4 is 38.9 Å². The van der Waals surface area contributed by atoms with Crippen molar-refractivity contribution in [3.8, 4) is 5.75 Å². The molecule has 0 bridgehead atoms. The van der Waals surface area contributed by atoms with E-state index in [9.17, 15) is 13.2 Å². The Morgan fingerprint density at radius 1 is 1.00 bits per heavy atom. The number of ether oxygens (including phenoxy) is 1. The predicted molar refractivity (Wildman–Crippen MR) is 114 cm³/mol. The molecule has 0 spiro atoms. The van der Waals surface area contributed by atoms with Crippen LogP contribution in [-0.2, 0) is 10.0 Å². The second-order valence-corrected chi connectivity index (χ2v) is 8.36. The minimum atomic E-state index is -3.76. The van der Waals surface area contributed by atoms with Gasteiger partial charge in [-0.05, 0) is 49.4 Å². The van der Waals surface area contributed by atoms with Gasteiger partial charge < -0.3 is 10.1 Å². The Kier molecular flexibility index (Phi) is 6.10. The summed E-state index contributed by atoms with van der Waals surface area (Å²) in [6, 6.07) is 17.8. The average Bonchev–Trinajstić information content (AvgIpc) is 2.68. The highest BCUT2D eigenvalue weighted by Crippen LogP contribution is 2.27. The maximum absolute atomic E-state index is 12.6. The van der Waals surface area contributed by atoms with Crippen molar-refractivity contribution in [1.29, 1.82) is 0 Å². The molecule has 0 aliphatic rings. The largest absolute Gasteiger partial charge is 0.495 e. The van der Waals surface area contributed by atoms with Crippen molar-refractivity contribution in [2.45, 2.75) is 11.8 Å². The highest BCUT2D eigenvalue weighted by atomic mass is 35.5. The molecule has 0 aromatic heterocycles. The third kappa shape index (κ3) is 4.88. The first-order chi connectivity index (χ1) is 13.8. The average molecular weight is 431 g/mol. The molecule has 3 rings (SSSR count). The van der Waals surface area contributed by atoms with E-state index in [-0.39, 0.29) is 21.2 Å². The van der Waals surface area contributed by atoms with Crippen molar-refractivity contribution in [1.82, 2.24) is 0 Å². The number of para-hydroxylation sites is 2. The van der Waals surface area contributed by atoms with Gasteiger partial charge in [0.05, 0.1) is 34.0 Å². The van der Waals surface area contributed by atoms with Crippen LogP contribution >= 0.6 is 11.6 Å². The number of methoxy groups -OCH3 is 1. The summed E-state index contributed by atoms with van der Waals surface area (Å²) < 4.78 is 32.7. The summed E-state index contributed by atoms with van der Waals surface area (Å²) in [5.74, 6) is 0.0758. The van der Waals surface area contributed by atoms with Gasteiger partial charge in [0.25, 0.3) is 15.9 Å². The predicted octanol–water partition coefficient (Wildman–Crippen LogP) is 4.71. The zero-order valence-electron chi connectivity index (χ0n) is 15.8. The van der Waals surface area contributed by atoms with Crippen LogP contribution in [-0.4, -0.2) is 21.4 Å². The Bertz CT molecular complexity index is 1150. The molecule has 0 aliphatic carbocycles. The number of hydrogen-bond donors (Lipinski definition) is 2. The molecule has 0 aliphatic heterocycles. The van der Waals surface area contributed by atoms with Crippen molar-refractivity contribution in [3.63, 3.8) is 0 Å². The van der Waals surface area contributed by atoms with Gasteiger partial charge in [0.2, 0.25) is 0 Å². The third-order valence-corrected chi connectivity index (χ3v) is 5.86. The highest BCUT2D eigenvalue weighted by molar-refractivity contribution is 7.92. The fourth-order valence-electron chi connectivity index (χ4n) is 2.63. The molecule has 29 heavy (non-hydrogen) atoms. The number of carbonyl (C=O) groups is 1. The number of aryl methyl sites for hydroxylation is 1. The van der Waals surface area contributed by atoms with Crippen LogP contribution in [0.15, 0.2) is 71.6 Å². The molecule has 0 atom stereocenters. The number of anilines is 2. The van der Waals surface area contributed by atoms with Crippen LogP contribution < -0.4 is 14.8 Å². The molecule has 0 heterocycles. The number of rotatable bonds is 6. The van der Waals surface area contributed by atoms with Crippen LogP contribution in [0.3, 0.4) is 0 Å². The first kappa shape index (κ1) is 20.7. The van der Waals surface area contributed by atoms with Crippen LogP contribution in [0.4, 0.5) is 11.4 Å². The van der Waals surface area contributed by atoms with E-state index in [2.05, 4.69) is 10.0 Å². The maximum Gasteiger partial charge on any atom is 0.261 e. The van der Waals surface area contributed by atoms with Crippen LogP contribution in [0.25, 0.3) is 0 Å². The topological polar surface area (TPSA) is 84.5 Å². The number of benzene rings is 3. The summed E-state index contributed by atoms with van der Waals surface area (Å²) in [7, 11) is -2.26. The van der Waals surface area contributed by atoms with E-state index in [0.717, 1.165) is 5.56 Å². The number of nitrogens with one attached hydrogen (secondary N) is 2. The normalized spacial score (nSPS) is 11.0. The van der Waals surface area contributed by atoms with Gasteiger partial charge in [-0.15, -0.1) is 0 Å². The molecule has 0 saturated heterocycles. The molecule has 0 radical (unpaired) electrons. The van der Waals surface area contributed by atoms with Crippen LogP contribution in [0.2, 0.25) is 5.02 Å². The van der Waals surface area contributed by atoms with E-state index in [1.54, 1.807) is 36.4 Å². The Morgan fingerprint density at radius 3 is 2.34 bits per heavy atom. The fraction of sp³-hybridized carbons (Fsp3) is 0.0952. The SMILES string of the molecule is COc1ccccc1NC(=O)c1ccc(NS(=O)(=O)c2ccc(C)cc2)cc1Cl. The van der Waals surface area contributed by atoms with Gasteiger partial charge in [0.15, 0.2) is 0 Å². The van der Waals surface area contributed by atoms with Gasteiger partial charge >= 0.3 is 0 Å². The van der Waals surface area contributed by atoms with E-state index in [1.807, 2.05) is 6.92 Å². The van der Waals surface area contributed by atoms with E-state index in [4.69, 9.17) is 16.3 Å². The molecule has 2 N–H and O–H groups in total. The summed E-state index contributed by atoms with van der Waals surface area (Å²) in [4.78, 5) is 12.7. The number of sulfonamides is 1. The second kappa shape index (κ2) is 8.55. The zero-order valence-corrected chi connectivity index (χ0v) is 17.3. The van der Waals surface area contributed by atoms with E-state index < -0.39 is 15.9 Å². The Morgan fingerprint density at radius 2 is 1.69 bits per heavy atom. The lowest BCUT2D eigenvalue weighted by atomic mass is 10.2. The summed E-state index contributed by atoms with van der Waals surface area (Å²) in [6.45, 7) is 1.87. The quantitative estimate of drug-likeness (QED) is 0.593. The molecule has 0 saturated carbocycles. The van der Waals surface area contributed by atoms with Crippen molar-refractivity contribution in [2.75, 3.05) is 17.1 Å². The summed E-state index contributed by atoms with van der Waals surface area (Å²) in [5, 5.41) is 2.84. The first-order valence-electron chi connectivity index (χ1n) is 8.63. The van der Waals surface area contributed by atoms with Gasteiger partial charge in [-0.25, -0.2) is 8.42 Å². The Hall–Kier alpha value is -3.03. The standard InChI is InChI=1S/C21H19ClN2O4S/c1-14-7-10-16(11-8-14)29(26,27)24-15-9-12-17(18(22)13-15)21(25)23-19-5-3-4-6-20(19)28-2/h3-13,24H,1-2H3,(H,23,25). The molecule has 1 amide bonds. The minimum Gasteiger partial charge on any atom is -0.495 e. The van der Waals surface area contributed by atoms with Gasteiger partial charge in [-0.3, -0.25) is 9.52 Å². The monoisotopic (exact) mass is 430 g/mol. The number of halogens is 1. The molecule has 150 valence electrons. The molecule has 6 nitrogen and oxygen atoms in total. The maximum atomic E-state index is 12.6. The number of hydrogen-bond acceptors (Lipinski definition) is 4. The lowest BCUT2D eigenvalue weighted by Crippen LogP contribution is -2.15. The lowest BCUT2D eigenvalue weighted by molar-refractivity contribution is 0.102. The summed E-state index contributed by atoms with van der Waals surface area (Å²) in [5.41, 5.74) is 1.91. The number of amides is 1. The van der Waals surface area contributed by atoms with Gasteiger partial charge in [0, 0.05) is 0 Å². The van der Waals surface area contributed by atoms with Crippen LogP contribution in [0.5, 0.6) is 5.75 Å². The van der Waals surface area contributed by atoms with Crippen molar-refractivity contribution in [2.24, 2.45) is 0 Å². The Labute approximate surface area is 174 Å². The first-order valence-corrected chi connectivity index (χ1v) is 10.5. The van der Waals surface area contributed by atoms with Gasteiger partial charge in [0.1, 0.15) is 5.75 Å². The second-order valence-electron chi connectivity index (χ2n) is 6.27. The van der Waals surface area contributed by atoms with Crippen LogP contribution in [0.1, 0.15) is 15.9 Å². The van der Waals surface area contributed by atoms with Crippen molar-refractivity contribution in [3.05, 3.63) is 82.9 Å². The third-order valence-electron chi connectivity index (χ3n) is 4.15. The zero-order chi connectivity index (χ0) is 21.0. The molecule has 3 aromatic carbocycles. The van der Waals surface area contributed by atoms with E-state index in [0.29, 0.717) is 11.4 Å². The van der Waals surface area contributed by atoms with Gasteiger partial charge in [-0.2, -0.15) is 0 Å². The fourth-order valence-corrected chi connectivity index (χ4v) is 3.95. The Balaban J connectivity index is 1.79. The van der Waals surface area contributed by atoms with Crippen molar-refractivity contribution < 1.29 is 17.9 Å². The summed E-state index contributed by atoms with van der Waals surface area (Å²) in [6.07, 6.45) is 0. The molecular weight excluding hydrogens is 412 g/mol. The van der Waals surface area contributed by atoms with Gasteiger partial charge in [-0.1, -0.05) is 41.4 Å². The summed E-state index contributed by atoms with van der Waals surface area (Å²) >= 11 is 6.23. The van der Waals surface area contributed by atoms with E-state index in [1.165, 1.54) is 37.4 Å². The molecule has 0 unspecified atom stereocenters. The smallest absolute Gasteiger partial charge is 0.261 e. The van der Waals surface area contributed by atoms with E-state index >= 15 is 0 Å². The number of carbonyl (C=O) groups excluding carboxylic acids is 1. The molecule has 0 fully saturated rings. The van der Waals surface area contributed by atoms with Crippen LogP contribution in [0, 0.1) is 6.92 Å². The minimum absolute atomic E-state index is 0.113. The molecule has 3 aromatic rings. The molecular formula is C21H19ClN2O4S. The molecule has 8 heteroatoms. The highest BCUT2D eigenvalue weighted by Gasteiger charge is 2.17. The lowest BCUT2D eigenvalue weighted by Gasteiger charge is -2.12.